The zero-order chi connectivity index (χ0) is 14.2. The van der Waals surface area contributed by atoms with Gasteiger partial charge in [0.1, 0.15) is 11.3 Å². The van der Waals surface area contributed by atoms with Crippen molar-refractivity contribution in [1.82, 2.24) is 10.6 Å². The topological polar surface area (TPSA) is 95.5 Å². The largest absolute Gasteiger partial charge is 0.506 e. The summed E-state index contributed by atoms with van der Waals surface area (Å²) in [5.74, 6) is -2.07. The van der Waals surface area contributed by atoms with Gasteiger partial charge in [0.15, 0.2) is 0 Å². The van der Waals surface area contributed by atoms with Gasteiger partial charge in [0.2, 0.25) is 0 Å². The molecule has 0 atom stereocenters. The predicted octanol–water partition coefficient (Wildman–Crippen LogP) is 1.45. The van der Waals surface area contributed by atoms with Gasteiger partial charge in [0, 0.05) is 10.6 Å². The van der Waals surface area contributed by atoms with E-state index in [1.807, 2.05) is 10.6 Å². The number of amides is 4. The number of nitrogens with one attached hydrogen (secondary N) is 2. The summed E-state index contributed by atoms with van der Waals surface area (Å²) >= 11 is 11.5. The third-order valence-electron chi connectivity index (χ3n) is 2.30. The smallest absolute Gasteiger partial charge is 0.328 e. The van der Waals surface area contributed by atoms with Crippen LogP contribution in [0.3, 0.4) is 0 Å². The summed E-state index contributed by atoms with van der Waals surface area (Å²) < 4.78 is 0. The van der Waals surface area contributed by atoms with Crippen molar-refractivity contribution in [2.75, 3.05) is 0 Å². The van der Waals surface area contributed by atoms with E-state index in [0.717, 1.165) is 6.08 Å². The molecular weight excluding hydrogens is 295 g/mol. The van der Waals surface area contributed by atoms with Crippen LogP contribution < -0.4 is 10.6 Å². The van der Waals surface area contributed by atoms with Crippen LogP contribution in [0.25, 0.3) is 6.08 Å². The van der Waals surface area contributed by atoms with Crippen LogP contribution in [0.2, 0.25) is 10.0 Å². The van der Waals surface area contributed by atoms with Crippen LogP contribution in [0, 0.1) is 0 Å². The summed E-state index contributed by atoms with van der Waals surface area (Å²) in [4.78, 5) is 33.9. The van der Waals surface area contributed by atoms with E-state index in [9.17, 15) is 19.5 Å². The number of phenolic OH excluding ortho intramolecular Hbond substituents is 1. The Labute approximate surface area is 117 Å². The van der Waals surface area contributed by atoms with Crippen LogP contribution in [-0.4, -0.2) is 23.0 Å². The molecule has 0 saturated carbocycles. The van der Waals surface area contributed by atoms with E-state index in [2.05, 4.69) is 0 Å². The number of imide groups is 2. The number of aromatic hydroxyl groups is 1. The van der Waals surface area contributed by atoms with Crippen LogP contribution in [0.15, 0.2) is 17.7 Å². The van der Waals surface area contributed by atoms with Crippen LogP contribution >= 0.6 is 23.2 Å². The average Bonchev–Trinajstić information content (AvgIpc) is 2.29. The Balaban J connectivity index is 2.49. The van der Waals surface area contributed by atoms with E-state index in [0.29, 0.717) is 0 Å². The number of hydrogen-bond donors (Lipinski definition) is 3. The Bertz CT molecular complexity index is 618. The van der Waals surface area contributed by atoms with Crippen molar-refractivity contribution in [2.24, 2.45) is 0 Å². The predicted molar refractivity (Wildman–Crippen MR) is 67.8 cm³/mol. The van der Waals surface area contributed by atoms with Gasteiger partial charge in [0.25, 0.3) is 11.8 Å². The maximum Gasteiger partial charge on any atom is 0.328 e. The summed E-state index contributed by atoms with van der Waals surface area (Å²) in [6, 6.07) is 1.73. The fraction of sp³-hybridized carbons (Fsp3) is 0. The van der Waals surface area contributed by atoms with E-state index < -0.39 is 17.8 Å². The molecule has 1 saturated heterocycles. The second-order valence-corrected chi connectivity index (χ2v) is 4.46. The van der Waals surface area contributed by atoms with Crippen molar-refractivity contribution in [3.05, 3.63) is 33.3 Å². The molecule has 6 nitrogen and oxygen atoms in total. The molecule has 4 amide bonds. The van der Waals surface area contributed by atoms with Crippen LogP contribution in [-0.2, 0) is 9.59 Å². The summed E-state index contributed by atoms with van der Waals surface area (Å²) in [6.45, 7) is 0. The minimum absolute atomic E-state index is 0.0212. The summed E-state index contributed by atoms with van der Waals surface area (Å²) in [5.41, 5.74) is -0.250. The minimum atomic E-state index is -0.902. The Morgan fingerprint density at radius 1 is 1.05 bits per heavy atom. The molecule has 0 aromatic heterocycles. The lowest BCUT2D eigenvalue weighted by Crippen LogP contribution is -2.51. The van der Waals surface area contributed by atoms with Gasteiger partial charge in [-0.05, 0) is 18.2 Å². The zero-order valence-corrected chi connectivity index (χ0v) is 10.7. The van der Waals surface area contributed by atoms with Gasteiger partial charge in [-0.1, -0.05) is 23.2 Å². The highest BCUT2D eigenvalue weighted by Gasteiger charge is 2.28. The summed E-state index contributed by atoms with van der Waals surface area (Å²) in [6.07, 6.45) is 1.09. The third kappa shape index (κ3) is 2.69. The number of carbonyl (C=O) groups is 3. The first-order valence-corrected chi connectivity index (χ1v) is 5.70. The molecule has 0 bridgehead atoms. The monoisotopic (exact) mass is 300 g/mol. The van der Waals surface area contributed by atoms with Crippen LogP contribution in [0.4, 0.5) is 4.79 Å². The number of rotatable bonds is 1. The molecule has 0 spiro atoms. The Hall–Kier alpha value is -2.05. The van der Waals surface area contributed by atoms with Gasteiger partial charge in [0.05, 0.1) is 5.02 Å². The number of benzene rings is 1. The molecule has 98 valence electrons. The first-order chi connectivity index (χ1) is 8.88. The molecule has 19 heavy (non-hydrogen) atoms. The van der Waals surface area contributed by atoms with Gasteiger partial charge in [-0.2, -0.15) is 0 Å². The molecule has 0 unspecified atom stereocenters. The quantitative estimate of drug-likeness (QED) is 0.540. The van der Waals surface area contributed by atoms with E-state index in [4.69, 9.17) is 23.2 Å². The Morgan fingerprint density at radius 3 is 2.21 bits per heavy atom. The number of hydrogen-bond acceptors (Lipinski definition) is 4. The highest BCUT2D eigenvalue weighted by atomic mass is 35.5. The molecular formula is C11H6Cl2N2O4. The number of urea groups is 1. The molecule has 1 aliphatic rings. The summed E-state index contributed by atoms with van der Waals surface area (Å²) in [7, 11) is 0. The number of barbiturate groups is 1. The molecule has 1 aliphatic heterocycles. The second-order valence-electron chi connectivity index (χ2n) is 3.62. The molecule has 1 heterocycles. The van der Waals surface area contributed by atoms with Crippen molar-refractivity contribution in [2.45, 2.75) is 0 Å². The van der Waals surface area contributed by atoms with Gasteiger partial charge >= 0.3 is 6.03 Å². The van der Waals surface area contributed by atoms with Gasteiger partial charge < -0.3 is 5.11 Å². The number of carbonyl (C=O) groups excluding carboxylic acids is 3. The lowest BCUT2D eigenvalue weighted by atomic mass is 10.1. The van der Waals surface area contributed by atoms with Gasteiger partial charge in [-0.25, -0.2) is 4.79 Å². The van der Waals surface area contributed by atoms with Crippen molar-refractivity contribution in [1.29, 1.82) is 0 Å². The third-order valence-corrected chi connectivity index (χ3v) is 2.81. The average molecular weight is 301 g/mol. The fourth-order valence-electron chi connectivity index (χ4n) is 1.46. The maximum absolute atomic E-state index is 11.5. The van der Waals surface area contributed by atoms with Crippen LogP contribution in [0.5, 0.6) is 5.75 Å². The fourth-order valence-corrected chi connectivity index (χ4v) is 1.97. The Kier molecular flexibility index (Phi) is 3.46. The minimum Gasteiger partial charge on any atom is -0.506 e. The Morgan fingerprint density at radius 2 is 1.63 bits per heavy atom. The first kappa shape index (κ1) is 13.4. The van der Waals surface area contributed by atoms with Crippen LogP contribution in [0.1, 0.15) is 5.56 Å². The van der Waals surface area contributed by atoms with Crippen molar-refractivity contribution in [3.8, 4) is 5.75 Å². The molecule has 2 rings (SSSR count). The molecule has 1 aromatic carbocycles. The van der Waals surface area contributed by atoms with E-state index >= 15 is 0 Å². The normalized spacial score (nSPS) is 15.1. The molecule has 0 radical (unpaired) electrons. The molecule has 1 fully saturated rings. The molecule has 1 aromatic rings. The van der Waals surface area contributed by atoms with Gasteiger partial charge in [-0.3, -0.25) is 20.2 Å². The number of halogens is 2. The number of phenols is 1. The molecule has 8 heteroatoms. The van der Waals surface area contributed by atoms with Gasteiger partial charge in [-0.15, -0.1) is 0 Å². The van der Waals surface area contributed by atoms with Crippen molar-refractivity contribution in [3.63, 3.8) is 0 Å². The van der Waals surface area contributed by atoms with E-state index in [-0.39, 0.29) is 26.9 Å². The zero-order valence-electron chi connectivity index (χ0n) is 9.16. The lowest BCUT2D eigenvalue weighted by Gasteiger charge is -2.14. The second kappa shape index (κ2) is 4.91. The lowest BCUT2D eigenvalue weighted by molar-refractivity contribution is -0.123. The highest BCUT2D eigenvalue weighted by molar-refractivity contribution is 6.36. The highest BCUT2D eigenvalue weighted by Crippen LogP contribution is 2.32. The van der Waals surface area contributed by atoms with Crippen molar-refractivity contribution >= 4 is 47.1 Å². The summed E-state index contributed by atoms with van der Waals surface area (Å²) in [5, 5.41) is 13.7. The van der Waals surface area contributed by atoms with Crippen molar-refractivity contribution < 1.29 is 19.5 Å². The van der Waals surface area contributed by atoms with E-state index in [1.165, 1.54) is 12.1 Å². The molecule has 3 N–H and O–H groups in total. The maximum atomic E-state index is 11.5. The SMILES string of the molecule is O=C1NC(=O)C(=Cc2cc(Cl)cc(Cl)c2O)C(=O)N1. The standard InChI is InChI=1S/C11H6Cl2N2O4/c12-5-1-4(8(16)7(13)3-5)2-6-9(17)14-11(19)15-10(6)18/h1-3,16H,(H2,14,15,17,18,19). The molecule has 0 aliphatic carbocycles. The first-order valence-electron chi connectivity index (χ1n) is 4.95. The van der Waals surface area contributed by atoms with E-state index in [1.54, 1.807) is 0 Å².